The van der Waals surface area contributed by atoms with Crippen LogP contribution in [0.3, 0.4) is 0 Å². The predicted octanol–water partition coefficient (Wildman–Crippen LogP) is 5.12. The van der Waals surface area contributed by atoms with Gasteiger partial charge in [-0.05, 0) is 83.5 Å². The van der Waals surface area contributed by atoms with Gasteiger partial charge in [0.25, 0.3) is 17.1 Å². The van der Waals surface area contributed by atoms with Crippen LogP contribution in [-0.2, 0) is 19.1 Å². The maximum Gasteiger partial charge on any atom is 0.326 e. The molecule has 1 fully saturated rings. The molecule has 9 nitrogen and oxygen atoms in total. The van der Waals surface area contributed by atoms with Gasteiger partial charge >= 0.3 is 5.97 Å². The number of ether oxygens (including phenoxy) is 3. The van der Waals surface area contributed by atoms with Gasteiger partial charge in [-0.3, -0.25) is 24.1 Å². The number of carbonyl (C=O) groups is 4. The number of carbonyl (C=O) groups excluding carboxylic acids is 4. The Bertz CT molecular complexity index is 1230. The van der Waals surface area contributed by atoms with Gasteiger partial charge in [0.2, 0.25) is 0 Å². The second-order valence-electron chi connectivity index (χ2n) is 7.68. The summed E-state index contributed by atoms with van der Waals surface area (Å²) in [6.45, 7) is 2.62. The van der Waals surface area contributed by atoms with Crippen molar-refractivity contribution in [2.75, 3.05) is 25.6 Å². The summed E-state index contributed by atoms with van der Waals surface area (Å²) in [6, 6.07) is 9.84. The monoisotopic (exact) mass is 596 g/mol. The molecule has 0 atom stereocenters. The average Bonchev–Trinajstić information content (AvgIpc) is 3.07. The summed E-state index contributed by atoms with van der Waals surface area (Å²) in [6.07, 6.45) is 1.15. The molecule has 190 valence electrons. The van der Waals surface area contributed by atoms with Crippen LogP contribution < -0.4 is 14.8 Å². The van der Waals surface area contributed by atoms with Crippen LogP contribution in [0.25, 0.3) is 6.08 Å². The lowest BCUT2D eigenvalue weighted by Crippen LogP contribution is -2.35. The smallest absolute Gasteiger partial charge is 0.326 e. The molecule has 0 bridgehead atoms. The first kappa shape index (κ1) is 27.6. The standard InChI is InChI=1S/C24H22BrClN2O7S/c1-13(2)35-22(30)11-28-23(31)20(36-24(28)32)9-14-4-7-18(19(8-14)33-3)34-12-21(29)27-15-5-6-16(25)17(26)10-15/h4-10,13H,11-12H2,1-3H3,(H,27,29)/b20-9-. The Labute approximate surface area is 225 Å². The molecule has 2 aromatic rings. The molecule has 1 aliphatic rings. The third-order valence-corrected chi connectivity index (χ3v) is 6.72. The molecule has 2 aromatic carbocycles. The molecule has 0 unspecified atom stereocenters. The zero-order valence-corrected chi connectivity index (χ0v) is 22.7. The largest absolute Gasteiger partial charge is 0.493 e. The number of methoxy groups -OCH3 is 1. The van der Waals surface area contributed by atoms with Gasteiger partial charge in [-0.15, -0.1) is 0 Å². The molecule has 0 aromatic heterocycles. The van der Waals surface area contributed by atoms with Crippen molar-refractivity contribution in [3.63, 3.8) is 0 Å². The van der Waals surface area contributed by atoms with E-state index in [1.165, 1.54) is 13.2 Å². The van der Waals surface area contributed by atoms with E-state index in [1.807, 2.05) is 0 Å². The first-order chi connectivity index (χ1) is 17.1. The number of rotatable bonds is 9. The highest BCUT2D eigenvalue weighted by Crippen LogP contribution is 2.34. The lowest BCUT2D eigenvalue weighted by atomic mass is 10.2. The first-order valence-corrected chi connectivity index (χ1v) is 12.6. The second kappa shape index (κ2) is 12.3. The van der Waals surface area contributed by atoms with E-state index in [9.17, 15) is 19.2 Å². The Balaban J connectivity index is 1.65. The summed E-state index contributed by atoms with van der Waals surface area (Å²) in [7, 11) is 1.43. The van der Waals surface area contributed by atoms with Crippen LogP contribution in [0.1, 0.15) is 19.4 Å². The van der Waals surface area contributed by atoms with Gasteiger partial charge < -0.3 is 19.5 Å². The molecule has 0 aliphatic carbocycles. The van der Waals surface area contributed by atoms with E-state index in [4.69, 9.17) is 25.8 Å². The summed E-state index contributed by atoms with van der Waals surface area (Å²) >= 11 is 10.0. The number of amides is 3. The first-order valence-electron chi connectivity index (χ1n) is 10.6. The van der Waals surface area contributed by atoms with Gasteiger partial charge in [0.15, 0.2) is 18.1 Å². The molecule has 1 heterocycles. The molecular formula is C24H22BrClN2O7S. The summed E-state index contributed by atoms with van der Waals surface area (Å²) in [5, 5.41) is 2.58. The van der Waals surface area contributed by atoms with Gasteiger partial charge in [0.05, 0.1) is 23.1 Å². The quantitative estimate of drug-likeness (QED) is 0.313. The van der Waals surface area contributed by atoms with E-state index < -0.39 is 29.6 Å². The predicted molar refractivity (Wildman–Crippen MR) is 140 cm³/mol. The van der Waals surface area contributed by atoms with Crippen molar-refractivity contribution in [2.45, 2.75) is 20.0 Å². The van der Waals surface area contributed by atoms with Crippen LogP contribution in [-0.4, -0.2) is 54.3 Å². The van der Waals surface area contributed by atoms with Crippen LogP contribution in [0, 0.1) is 0 Å². The molecule has 0 saturated carbocycles. The summed E-state index contributed by atoms with van der Waals surface area (Å²) in [5.74, 6) is -1.02. The van der Waals surface area contributed by atoms with Crippen molar-refractivity contribution >= 4 is 74.1 Å². The van der Waals surface area contributed by atoms with Crippen molar-refractivity contribution in [1.29, 1.82) is 0 Å². The number of nitrogens with one attached hydrogen (secondary N) is 1. The van der Waals surface area contributed by atoms with Crippen molar-refractivity contribution in [1.82, 2.24) is 4.90 Å². The molecular weight excluding hydrogens is 576 g/mol. The Hall–Kier alpha value is -3.02. The third-order valence-electron chi connectivity index (χ3n) is 4.58. The molecule has 0 radical (unpaired) electrons. The summed E-state index contributed by atoms with van der Waals surface area (Å²) < 4.78 is 16.7. The molecule has 12 heteroatoms. The topological polar surface area (TPSA) is 111 Å². The van der Waals surface area contributed by atoms with E-state index in [-0.39, 0.29) is 17.6 Å². The van der Waals surface area contributed by atoms with Gasteiger partial charge in [0.1, 0.15) is 6.54 Å². The van der Waals surface area contributed by atoms with E-state index in [0.29, 0.717) is 32.2 Å². The second-order valence-corrected chi connectivity index (χ2v) is 9.94. The average molecular weight is 598 g/mol. The summed E-state index contributed by atoms with van der Waals surface area (Å²) in [4.78, 5) is 50.0. The van der Waals surface area contributed by atoms with E-state index >= 15 is 0 Å². The Morgan fingerprint density at radius 3 is 2.58 bits per heavy atom. The number of benzene rings is 2. The highest BCUT2D eigenvalue weighted by Gasteiger charge is 2.36. The molecule has 1 saturated heterocycles. The molecule has 3 amide bonds. The van der Waals surface area contributed by atoms with Crippen LogP contribution in [0.2, 0.25) is 5.02 Å². The number of hydrogen-bond donors (Lipinski definition) is 1. The fourth-order valence-corrected chi connectivity index (χ4v) is 4.29. The number of nitrogens with zero attached hydrogens (tertiary/aromatic N) is 1. The van der Waals surface area contributed by atoms with Gasteiger partial charge in [-0.25, -0.2) is 0 Å². The van der Waals surface area contributed by atoms with Crippen LogP contribution >= 0.6 is 39.3 Å². The number of halogens is 2. The Kier molecular flexibility index (Phi) is 9.41. The van der Waals surface area contributed by atoms with Crippen molar-refractivity contribution in [3.8, 4) is 11.5 Å². The molecule has 3 rings (SSSR count). The van der Waals surface area contributed by atoms with Gasteiger partial charge in [0, 0.05) is 10.2 Å². The number of imide groups is 1. The summed E-state index contributed by atoms with van der Waals surface area (Å²) in [5.41, 5.74) is 1.08. The Morgan fingerprint density at radius 1 is 1.17 bits per heavy atom. The van der Waals surface area contributed by atoms with Crippen molar-refractivity contribution < 1.29 is 33.4 Å². The van der Waals surface area contributed by atoms with E-state index in [2.05, 4.69) is 21.2 Å². The highest BCUT2D eigenvalue weighted by atomic mass is 79.9. The van der Waals surface area contributed by atoms with Gasteiger partial charge in [-0.2, -0.15) is 0 Å². The van der Waals surface area contributed by atoms with Crippen molar-refractivity contribution in [3.05, 3.63) is 56.4 Å². The maximum absolute atomic E-state index is 12.6. The van der Waals surface area contributed by atoms with Crippen LogP contribution in [0.15, 0.2) is 45.8 Å². The molecule has 0 spiro atoms. The van der Waals surface area contributed by atoms with E-state index in [1.54, 1.807) is 50.2 Å². The lowest BCUT2D eigenvalue weighted by molar-refractivity contribution is -0.149. The number of esters is 1. The van der Waals surface area contributed by atoms with Crippen molar-refractivity contribution in [2.24, 2.45) is 0 Å². The maximum atomic E-state index is 12.6. The minimum Gasteiger partial charge on any atom is -0.493 e. The molecule has 36 heavy (non-hydrogen) atoms. The number of thioether (sulfide) groups is 1. The van der Waals surface area contributed by atoms with E-state index in [0.717, 1.165) is 16.7 Å². The number of hydrogen-bond acceptors (Lipinski definition) is 8. The minimum absolute atomic E-state index is 0.153. The highest BCUT2D eigenvalue weighted by molar-refractivity contribution is 9.10. The fourth-order valence-electron chi connectivity index (χ4n) is 3.02. The number of anilines is 1. The molecule has 1 N–H and O–H groups in total. The van der Waals surface area contributed by atoms with Crippen LogP contribution in [0.4, 0.5) is 10.5 Å². The fraction of sp³-hybridized carbons (Fsp3) is 0.250. The normalized spacial score (nSPS) is 14.4. The zero-order valence-electron chi connectivity index (χ0n) is 19.5. The van der Waals surface area contributed by atoms with Gasteiger partial charge in [-0.1, -0.05) is 17.7 Å². The third kappa shape index (κ3) is 7.25. The van der Waals surface area contributed by atoms with Crippen LogP contribution in [0.5, 0.6) is 11.5 Å². The zero-order chi connectivity index (χ0) is 26.4. The lowest BCUT2D eigenvalue weighted by Gasteiger charge is -2.13. The Morgan fingerprint density at radius 2 is 1.92 bits per heavy atom. The molecule has 1 aliphatic heterocycles. The SMILES string of the molecule is COc1cc(/C=C2\SC(=O)N(CC(=O)OC(C)C)C2=O)ccc1OCC(=O)Nc1ccc(Br)c(Cl)c1. The minimum atomic E-state index is -0.663.